The molecule has 84 valence electrons. The van der Waals surface area contributed by atoms with Gasteiger partial charge in [-0.2, -0.15) is 0 Å². The van der Waals surface area contributed by atoms with Crippen molar-refractivity contribution in [1.82, 2.24) is 0 Å². The predicted molar refractivity (Wildman–Crippen MR) is 74.9 cm³/mol. The number of hydrogen-bond donors (Lipinski definition) is 0. The predicted octanol–water partition coefficient (Wildman–Crippen LogP) is 2.77. The van der Waals surface area contributed by atoms with Crippen molar-refractivity contribution in [1.29, 1.82) is 0 Å². The SMILES string of the molecule is C[Se]c1ccccc1C#Cc1ccccc1C. The van der Waals surface area contributed by atoms with Gasteiger partial charge >= 0.3 is 109 Å². The molecule has 0 aliphatic rings. The van der Waals surface area contributed by atoms with Gasteiger partial charge in [0.1, 0.15) is 0 Å². The Morgan fingerprint density at radius 1 is 0.824 bits per heavy atom. The maximum absolute atomic E-state index is 3.29. The van der Waals surface area contributed by atoms with Crippen LogP contribution in [-0.4, -0.2) is 15.0 Å². The van der Waals surface area contributed by atoms with Crippen molar-refractivity contribution in [2.45, 2.75) is 12.7 Å². The zero-order valence-corrected chi connectivity index (χ0v) is 11.7. The number of hydrogen-bond acceptors (Lipinski definition) is 0. The molecule has 2 aromatic carbocycles. The molecule has 0 N–H and O–H groups in total. The molecule has 0 nitrogen and oxygen atoms in total. The monoisotopic (exact) mass is 286 g/mol. The zero-order chi connectivity index (χ0) is 12.1. The molecule has 0 saturated heterocycles. The van der Waals surface area contributed by atoms with E-state index >= 15 is 0 Å². The molecule has 0 radical (unpaired) electrons. The Kier molecular flexibility index (Phi) is 4.04. The molecule has 2 aromatic rings. The average molecular weight is 285 g/mol. The van der Waals surface area contributed by atoms with Gasteiger partial charge in [-0.15, -0.1) is 0 Å². The van der Waals surface area contributed by atoms with Crippen LogP contribution < -0.4 is 4.46 Å². The fourth-order valence-corrected chi connectivity index (χ4v) is 2.76. The first kappa shape index (κ1) is 12.0. The Morgan fingerprint density at radius 3 is 2.12 bits per heavy atom. The zero-order valence-electron chi connectivity index (χ0n) is 10.0. The van der Waals surface area contributed by atoms with Crippen LogP contribution in [0.1, 0.15) is 16.7 Å². The first-order chi connectivity index (χ1) is 8.31. The van der Waals surface area contributed by atoms with Gasteiger partial charge in [-0.25, -0.2) is 0 Å². The van der Waals surface area contributed by atoms with Crippen molar-refractivity contribution in [2.24, 2.45) is 0 Å². The topological polar surface area (TPSA) is 0 Å². The molecule has 0 unspecified atom stereocenters. The molecule has 0 heterocycles. The van der Waals surface area contributed by atoms with E-state index in [4.69, 9.17) is 0 Å². The van der Waals surface area contributed by atoms with Crippen molar-refractivity contribution in [2.75, 3.05) is 0 Å². The minimum atomic E-state index is 0.497. The third-order valence-electron chi connectivity index (χ3n) is 2.58. The fraction of sp³-hybridized carbons (Fsp3) is 0.125. The summed E-state index contributed by atoms with van der Waals surface area (Å²) in [7, 11) is 0. The summed E-state index contributed by atoms with van der Waals surface area (Å²) in [5, 5.41) is 0. The van der Waals surface area contributed by atoms with E-state index in [9.17, 15) is 0 Å². The van der Waals surface area contributed by atoms with Gasteiger partial charge in [0.05, 0.1) is 0 Å². The maximum atomic E-state index is 3.29. The molecule has 0 aromatic heterocycles. The standard InChI is InChI=1S/C16H14Se/c1-13-7-3-4-8-14(13)11-12-15-9-5-6-10-16(15)17-2/h3-10H,1-2H3. The molecular weight excluding hydrogens is 271 g/mol. The van der Waals surface area contributed by atoms with Crippen LogP contribution in [0.3, 0.4) is 0 Å². The van der Waals surface area contributed by atoms with Gasteiger partial charge in [-0.05, 0) is 0 Å². The van der Waals surface area contributed by atoms with E-state index in [1.54, 1.807) is 0 Å². The van der Waals surface area contributed by atoms with Crippen molar-refractivity contribution < 1.29 is 0 Å². The van der Waals surface area contributed by atoms with Crippen LogP contribution in [0.15, 0.2) is 48.5 Å². The van der Waals surface area contributed by atoms with Crippen molar-refractivity contribution in [3.05, 3.63) is 65.2 Å². The summed E-state index contributed by atoms with van der Waals surface area (Å²) < 4.78 is 1.38. The van der Waals surface area contributed by atoms with Crippen molar-refractivity contribution in [3.8, 4) is 11.8 Å². The summed E-state index contributed by atoms with van der Waals surface area (Å²) in [6.45, 7) is 2.10. The van der Waals surface area contributed by atoms with Gasteiger partial charge in [0.15, 0.2) is 0 Å². The Balaban J connectivity index is 2.37. The quantitative estimate of drug-likeness (QED) is 0.558. The molecule has 0 saturated carbocycles. The van der Waals surface area contributed by atoms with Crippen molar-refractivity contribution >= 4 is 19.4 Å². The summed E-state index contributed by atoms with van der Waals surface area (Å²) >= 11 is 0.497. The first-order valence-electron chi connectivity index (χ1n) is 5.52. The van der Waals surface area contributed by atoms with E-state index in [0.717, 1.165) is 5.56 Å². The average Bonchev–Trinajstić information content (AvgIpc) is 2.38. The fourth-order valence-electron chi connectivity index (χ4n) is 1.60. The summed E-state index contributed by atoms with van der Waals surface area (Å²) in [4.78, 5) is 0. The van der Waals surface area contributed by atoms with Gasteiger partial charge in [0.25, 0.3) is 0 Å². The molecule has 0 aliphatic heterocycles. The third-order valence-corrected chi connectivity index (χ3v) is 4.25. The van der Waals surface area contributed by atoms with Crippen LogP contribution in [0.5, 0.6) is 0 Å². The van der Waals surface area contributed by atoms with E-state index in [2.05, 4.69) is 61.0 Å². The Hall–Kier alpha value is -1.48. The molecule has 0 atom stereocenters. The van der Waals surface area contributed by atoms with Crippen LogP contribution >= 0.6 is 0 Å². The number of aryl methyl sites for hydroxylation is 1. The molecule has 1 heteroatoms. The van der Waals surface area contributed by atoms with E-state index in [1.807, 2.05) is 12.1 Å². The van der Waals surface area contributed by atoms with Gasteiger partial charge in [-0.1, -0.05) is 0 Å². The summed E-state index contributed by atoms with van der Waals surface area (Å²) in [6, 6.07) is 16.7. The normalized spacial score (nSPS) is 9.53. The second-order valence-electron chi connectivity index (χ2n) is 3.77. The molecule has 17 heavy (non-hydrogen) atoms. The van der Waals surface area contributed by atoms with Crippen LogP contribution in [0, 0.1) is 18.8 Å². The van der Waals surface area contributed by atoms with E-state index in [0.29, 0.717) is 15.0 Å². The van der Waals surface area contributed by atoms with Gasteiger partial charge in [0.2, 0.25) is 0 Å². The molecule has 0 aliphatic carbocycles. The van der Waals surface area contributed by atoms with Gasteiger partial charge < -0.3 is 0 Å². The Labute approximate surface area is 109 Å². The van der Waals surface area contributed by atoms with Gasteiger partial charge in [0, 0.05) is 0 Å². The van der Waals surface area contributed by atoms with Crippen LogP contribution in [0.4, 0.5) is 0 Å². The molecule has 0 bridgehead atoms. The van der Waals surface area contributed by atoms with Crippen LogP contribution in [0.25, 0.3) is 0 Å². The summed E-state index contributed by atoms with van der Waals surface area (Å²) in [5.41, 5.74) is 3.52. The summed E-state index contributed by atoms with van der Waals surface area (Å²) in [5.74, 6) is 8.77. The summed E-state index contributed by atoms with van der Waals surface area (Å²) in [6.07, 6.45) is 0. The molecular formula is C16H14Se. The Morgan fingerprint density at radius 2 is 1.41 bits per heavy atom. The molecule has 0 spiro atoms. The van der Waals surface area contributed by atoms with Crippen LogP contribution in [-0.2, 0) is 0 Å². The second kappa shape index (κ2) is 5.73. The van der Waals surface area contributed by atoms with E-state index in [1.165, 1.54) is 15.6 Å². The van der Waals surface area contributed by atoms with Crippen molar-refractivity contribution in [3.63, 3.8) is 0 Å². The van der Waals surface area contributed by atoms with E-state index < -0.39 is 0 Å². The van der Waals surface area contributed by atoms with Crippen LogP contribution in [0.2, 0.25) is 5.82 Å². The minimum absolute atomic E-state index is 0.497. The number of benzene rings is 2. The first-order valence-corrected chi connectivity index (χ1v) is 8.09. The molecule has 2 rings (SSSR count). The molecule has 0 fully saturated rings. The Bertz CT molecular complexity index is 573. The third kappa shape index (κ3) is 3.00. The van der Waals surface area contributed by atoms with E-state index in [-0.39, 0.29) is 0 Å². The molecule has 0 amide bonds. The van der Waals surface area contributed by atoms with Gasteiger partial charge in [-0.3, -0.25) is 0 Å². The second-order valence-corrected chi connectivity index (χ2v) is 5.54. The number of rotatable bonds is 1.